The first-order chi connectivity index (χ1) is 27.6. The molecule has 0 radical (unpaired) electrons. The molecule has 266 valence electrons. The molecule has 1 aliphatic rings. The summed E-state index contributed by atoms with van der Waals surface area (Å²) in [5.41, 5.74) is 10.3. The summed E-state index contributed by atoms with van der Waals surface area (Å²) in [6.45, 7) is 0. The molecule has 0 saturated heterocycles. The van der Waals surface area contributed by atoms with E-state index in [2.05, 4.69) is 133 Å². The van der Waals surface area contributed by atoms with E-state index in [1.807, 2.05) is 59.9 Å². The van der Waals surface area contributed by atoms with Crippen molar-refractivity contribution in [2.45, 2.75) is 4.90 Å². The Hall–Kier alpha value is -5.87. The van der Waals surface area contributed by atoms with Crippen LogP contribution in [0.25, 0.3) is 66.5 Å². The van der Waals surface area contributed by atoms with Crippen LogP contribution in [0.15, 0.2) is 192 Å². The normalized spacial score (nSPS) is 12.4. The predicted molar refractivity (Wildman–Crippen MR) is 245 cm³/mol. The standard InChI is InChI=1S/C49H31IN4S2/c55-41-27-26-38(49-53-47(33-18-8-3-9-19-33)52-48(54-49)37-23-12-20-34(28-37)31-14-4-1-5-15-31)30-40(41)35-21-13-22-36(29-35)44-45-43(39-24-10-11-25-42(39)56-45)50-46(51-44)32-16-6-2-7-17-32/h1-30,55H. The topological polar surface area (TPSA) is 51.0 Å². The van der Waals surface area contributed by atoms with Crippen molar-refractivity contribution < 1.29 is 0 Å². The van der Waals surface area contributed by atoms with Gasteiger partial charge in [0, 0.05) is 46.4 Å². The second kappa shape index (κ2) is 15.0. The molecule has 2 aromatic heterocycles. The molecule has 3 heterocycles. The summed E-state index contributed by atoms with van der Waals surface area (Å²) in [7, 11) is 0. The molecular formula is C49H31IN4S2. The highest BCUT2D eigenvalue weighted by Crippen LogP contribution is 2.41. The Morgan fingerprint density at radius 2 is 0.964 bits per heavy atom. The first-order valence-corrected chi connectivity index (χ1v) is 21.7. The van der Waals surface area contributed by atoms with Gasteiger partial charge in [0.1, 0.15) is 3.63 Å². The minimum atomic E-state index is -0.468. The molecule has 0 unspecified atom stereocenters. The number of hydrogen-bond acceptors (Lipinski definition) is 6. The number of thiophene rings is 1. The average molecular weight is 867 g/mol. The van der Waals surface area contributed by atoms with Gasteiger partial charge >= 0.3 is 0 Å². The van der Waals surface area contributed by atoms with E-state index in [-0.39, 0.29) is 0 Å². The van der Waals surface area contributed by atoms with Gasteiger partial charge in [-0.1, -0.05) is 172 Å². The lowest BCUT2D eigenvalue weighted by atomic mass is 9.98. The fourth-order valence-electron chi connectivity index (χ4n) is 6.97. The number of nitrogens with zero attached hydrogens (tertiary/aromatic N) is 4. The number of benzene rings is 7. The Kier molecular flexibility index (Phi) is 9.26. The minimum absolute atomic E-state index is 0.468. The third-order valence-electron chi connectivity index (χ3n) is 9.75. The van der Waals surface area contributed by atoms with Gasteiger partial charge in [-0.05, 0) is 52.6 Å². The molecule has 0 saturated carbocycles. The van der Waals surface area contributed by atoms with Crippen LogP contribution in [0, 0.1) is 3.57 Å². The molecular weight excluding hydrogens is 836 g/mol. The molecule has 0 bridgehead atoms. The van der Waals surface area contributed by atoms with Crippen molar-refractivity contribution in [2.24, 2.45) is 4.99 Å². The first kappa shape index (κ1) is 34.6. The lowest BCUT2D eigenvalue weighted by Crippen LogP contribution is -2.11. The van der Waals surface area contributed by atoms with E-state index >= 15 is 0 Å². The number of aliphatic imine (C=N–C) groups is 1. The molecule has 0 N–H and O–H groups in total. The molecule has 7 heteroatoms. The van der Waals surface area contributed by atoms with Crippen molar-refractivity contribution in [1.29, 1.82) is 0 Å². The average Bonchev–Trinajstić information content (AvgIpc) is 3.66. The van der Waals surface area contributed by atoms with E-state index < -0.39 is 20.7 Å². The summed E-state index contributed by atoms with van der Waals surface area (Å²) >= 11 is 6.37. The highest BCUT2D eigenvalue weighted by Gasteiger charge is 2.24. The number of aromatic nitrogens is 3. The molecule has 0 atom stereocenters. The van der Waals surface area contributed by atoms with Gasteiger partial charge in [0.2, 0.25) is 0 Å². The van der Waals surface area contributed by atoms with E-state index in [0.29, 0.717) is 17.5 Å². The molecule has 0 aliphatic carbocycles. The van der Waals surface area contributed by atoms with Gasteiger partial charge in [0.25, 0.3) is 0 Å². The largest absolute Gasteiger partial charge is 0.240 e. The Morgan fingerprint density at radius 3 is 1.70 bits per heavy atom. The molecule has 1 aliphatic heterocycles. The second-order valence-electron chi connectivity index (χ2n) is 13.4. The Balaban J connectivity index is 1.08. The van der Waals surface area contributed by atoms with E-state index in [1.165, 1.54) is 27.7 Å². The van der Waals surface area contributed by atoms with Crippen LogP contribution in [0.1, 0.15) is 16.0 Å². The molecule has 7 aromatic carbocycles. The van der Waals surface area contributed by atoms with Crippen molar-refractivity contribution >= 4 is 64.1 Å². The third kappa shape index (κ3) is 6.72. The van der Waals surface area contributed by atoms with E-state index in [9.17, 15) is 0 Å². The smallest absolute Gasteiger partial charge is 0.164 e. The number of rotatable bonds is 7. The minimum Gasteiger partial charge on any atom is -0.240 e. The van der Waals surface area contributed by atoms with Crippen molar-refractivity contribution in [3.05, 3.63) is 202 Å². The monoisotopic (exact) mass is 866 g/mol. The van der Waals surface area contributed by atoms with Crippen molar-refractivity contribution in [3.8, 4) is 56.4 Å². The summed E-state index contributed by atoms with van der Waals surface area (Å²) in [4.78, 5) is 22.7. The van der Waals surface area contributed by atoms with Crippen LogP contribution < -0.4 is 0 Å². The van der Waals surface area contributed by atoms with Crippen LogP contribution in [0.4, 0.5) is 0 Å². The first-order valence-electron chi connectivity index (χ1n) is 18.2. The maximum atomic E-state index is 5.43. The quantitative estimate of drug-likeness (QED) is 0.128. The second-order valence-corrected chi connectivity index (χ2v) is 17.6. The van der Waals surface area contributed by atoms with Crippen LogP contribution in [0.2, 0.25) is 0 Å². The van der Waals surface area contributed by atoms with Crippen LogP contribution in [0.3, 0.4) is 0 Å². The van der Waals surface area contributed by atoms with Crippen LogP contribution >= 0.6 is 44.7 Å². The van der Waals surface area contributed by atoms with Crippen LogP contribution in [0.5, 0.6) is 0 Å². The molecule has 56 heavy (non-hydrogen) atoms. The summed E-state index contributed by atoms with van der Waals surface area (Å²) in [5, 5.41) is 1.35. The van der Waals surface area contributed by atoms with Crippen molar-refractivity contribution in [3.63, 3.8) is 0 Å². The van der Waals surface area contributed by atoms with Gasteiger partial charge < -0.3 is 0 Å². The van der Waals surface area contributed by atoms with Crippen molar-refractivity contribution in [1.82, 2.24) is 15.0 Å². The Morgan fingerprint density at radius 1 is 0.429 bits per heavy atom. The molecule has 9 aromatic rings. The molecule has 10 rings (SSSR count). The van der Waals surface area contributed by atoms with Gasteiger partial charge in [-0.2, -0.15) is 0 Å². The fourth-order valence-corrected chi connectivity index (χ4v) is 11.9. The molecule has 0 amide bonds. The zero-order valence-corrected chi connectivity index (χ0v) is 33.7. The SMILES string of the molecule is Sc1ccc(-c2nc(-c3ccccc3)nc(-c3cccc(-c4ccccc4)c3)n2)cc1-c1cccc(C2=NC(c3ccccc3)=Ic3c2sc2ccccc32)c1. The van der Waals surface area contributed by atoms with Gasteiger partial charge in [-0.3, -0.25) is 0 Å². The number of fused-ring (bicyclic) bond motifs is 3. The van der Waals surface area contributed by atoms with E-state index in [4.69, 9.17) is 32.6 Å². The maximum Gasteiger partial charge on any atom is 0.164 e. The van der Waals surface area contributed by atoms with Gasteiger partial charge in [-0.25, -0.2) is 19.9 Å². The van der Waals surface area contributed by atoms with Gasteiger partial charge in [0.05, 0.1) is 10.6 Å². The fraction of sp³-hybridized carbons (Fsp3) is 0. The highest BCUT2D eigenvalue weighted by atomic mass is 127. The van der Waals surface area contributed by atoms with Crippen LogP contribution in [-0.2, 0) is 0 Å². The van der Waals surface area contributed by atoms with Gasteiger partial charge in [-0.15, -0.1) is 24.0 Å². The lowest BCUT2D eigenvalue weighted by Gasteiger charge is -2.16. The Labute approximate surface area is 344 Å². The summed E-state index contributed by atoms with van der Waals surface area (Å²) in [6, 6.07) is 63.2. The van der Waals surface area contributed by atoms with E-state index in [1.54, 1.807) is 0 Å². The predicted octanol–water partition coefficient (Wildman–Crippen LogP) is 12.9. The highest BCUT2D eigenvalue weighted by molar-refractivity contribution is 14.2. The Bertz CT molecular complexity index is 2980. The van der Waals surface area contributed by atoms with Crippen LogP contribution in [-0.4, -0.2) is 24.3 Å². The van der Waals surface area contributed by atoms with E-state index in [0.717, 1.165) is 55.1 Å². The number of thiol groups is 1. The third-order valence-corrected chi connectivity index (χ3v) is 14.7. The summed E-state index contributed by atoms with van der Waals surface area (Å²) < 4.78 is 3.94. The zero-order valence-electron chi connectivity index (χ0n) is 29.8. The summed E-state index contributed by atoms with van der Waals surface area (Å²) in [6.07, 6.45) is 0. The molecule has 0 fully saturated rings. The summed E-state index contributed by atoms with van der Waals surface area (Å²) in [5.74, 6) is 1.84. The zero-order chi connectivity index (χ0) is 37.4. The number of halogens is 1. The molecule has 0 spiro atoms. The number of hydrogen-bond donors (Lipinski definition) is 1. The van der Waals surface area contributed by atoms with Crippen molar-refractivity contribution in [2.75, 3.05) is 0 Å². The van der Waals surface area contributed by atoms with Gasteiger partial charge in [0.15, 0.2) is 17.5 Å². The molecule has 4 nitrogen and oxygen atoms in total. The lowest BCUT2D eigenvalue weighted by molar-refractivity contribution is 1.07. The maximum absolute atomic E-state index is 5.43.